The van der Waals surface area contributed by atoms with Crippen molar-refractivity contribution in [3.63, 3.8) is 0 Å². The van der Waals surface area contributed by atoms with Crippen LogP contribution in [0.25, 0.3) is 0 Å². The molecule has 0 bridgehead atoms. The first kappa shape index (κ1) is 16.2. The number of amides is 2. The number of likely N-dealkylation sites (tertiary alicyclic amines) is 1. The highest BCUT2D eigenvalue weighted by Gasteiger charge is 2.34. The van der Waals surface area contributed by atoms with E-state index in [0.29, 0.717) is 13.1 Å². The molecule has 24 heavy (non-hydrogen) atoms. The van der Waals surface area contributed by atoms with Crippen molar-refractivity contribution >= 4 is 17.5 Å². The number of carbonyl (C=O) groups excluding carboxylic acids is 2. The molecule has 0 aromatic heterocycles. The van der Waals surface area contributed by atoms with Gasteiger partial charge in [-0.1, -0.05) is 47.5 Å². The van der Waals surface area contributed by atoms with E-state index in [0.717, 1.165) is 16.8 Å². The van der Waals surface area contributed by atoms with Crippen LogP contribution < -0.4 is 5.32 Å². The van der Waals surface area contributed by atoms with E-state index in [2.05, 4.69) is 5.32 Å². The molecule has 4 nitrogen and oxygen atoms in total. The fourth-order valence-electron chi connectivity index (χ4n) is 2.90. The summed E-state index contributed by atoms with van der Waals surface area (Å²) < 4.78 is 0. The first-order valence-electron chi connectivity index (χ1n) is 8.22. The third-order valence-corrected chi connectivity index (χ3v) is 4.40. The Morgan fingerprint density at radius 3 is 2.25 bits per heavy atom. The third-order valence-electron chi connectivity index (χ3n) is 4.40. The molecule has 124 valence electrons. The van der Waals surface area contributed by atoms with Gasteiger partial charge in [-0.3, -0.25) is 9.59 Å². The molecular weight excluding hydrogens is 300 g/mol. The lowest BCUT2D eigenvalue weighted by Crippen LogP contribution is -2.28. The largest absolute Gasteiger partial charge is 0.338 e. The maximum absolute atomic E-state index is 12.4. The van der Waals surface area contributed by atoms with Crippen LogP contribution in [0.15, 0.2) is 48.5 Å². The van der Waals surface area contributed by atoms with E-state index in [-0.39, 0.29) is 24.2 Å². The van der Waals surface area contributed by atoms with E-state index in [1.165, 1.54) is 5.56 Å². The Kier molecular flexibility index (Phi) is 4.65. The number of hydrogen-bond donors (Lipinski definition) is 1. The number of nitrogens with zero attached hydrogens (tertiary/aromatic N) is 1. The fraction of sp³-hybridized carbons (Fsp3) is 0.300. The van der Waals surface area contributed by atoms with Gasteiger partial charge in [-0.25, -0.2) is 0 Å². The lowest BCUT2D eigenvalue weighted by atomic mass is 10.1. The summed E-state index contributed by atoms with van der Waals surface area (Å²) in [5.74, 6) is -0.331. The molecule has 4 heteroatoms. The number of benzene rings is 2. The van der Waals surface area contributed by atoms with Crippen molar-refractivity contribution in [3.8, 4) is 0 Å². The molecule has 1 atom stereocenters. The fourth-order valence-corrected chi connectivity index (χ4v) is 2.90. The molecule has 1 heterocycles. The topological polar surface area (TPSA) is 49.4 Å². The Hall–Kier alpha value is -2.62. The van der Waals surface area contributed by atoms with Crippen molar-refractivity contribution in [1.29, 1.82) is 0 Å². The van der Waals surface area contributed by atoms with E-state index in [1.807, 2.05) is 62.4 Å². The van der Waals surface area contributed by atoms with Gasteiger partial charge in [0.25, 0.3) is 0 Å². The minimum absolute atomic E-state index is 0.0413. The van der Waals surface area contributed by atoms with E-state index in [9.17, 15) is 9.59 Å². The number of nitrogens with one attached hydrogen (secondary N) is 1. The van der Waals surface area contributed by atoms with Gasteiger partial charge in [0, 0.05) is 25.2 Å². The quantitative estimate of drug-likeness (QED) is 0.939. The maximum Gasteiger partial charge on any atom is 0.229 e. The molecule has 0 spiro atoms. The molecule has 1 fully saturated rings. The molecule has 1 N–H and O–H groups in total. The summed E-state index contributed by atoms with van der Waals surface area (Å²) in [6.07, 6.45) is 0.281. The van der Waals surface area contributed by atoms with Gasteiger partial charge in [0.2, 0.25) is 11.8 Å². The number of rotatable bonds is 4. The molecule has 2 aromatic rings. The summed E-state index contributed by atoms with van der Waals surface area (Å²) in [5, 5.41) is 2.91. The molecule has 2 aromatic carbocycles. The zero-order chi connectivity index (χ0) is 17.1. The van der Waals surface area contributed by atoms with E-state index in [1.54, 1.807) is 4.90 Å². The third kappa shape index (κ3) is 3.82. The normalized spacial score (nSPS) is 17.2. The second kappa shape index (κ2) is 6.87. The van der Waals surface area contributed by atoms with E-state index >= 15 is 0 Å². The van der Waals surface area contributed by atoms with Crippen molar-refractivity contribution in [2.24, 2.45) is 5.92 Å². The standard InChI is InChI=1S/C20H22N2O2/c1-14-3-7-16(8-4-14)12-22-13-17(11-19(22)23)20(24)21-18-9-5-15(2)6-10-18/h3-10,17H,11-13H2,1-2H3,(H,21,24)/t17-/m0/s1. The van der Waals surface area contributed by atoms with Crippen molar-refractivity contribution in [2.45, 2.75) is 26.8 Å². The Morgan fingerprint density at radius 1 is 1.04 bits per heavy atom. The zero-order valence-electron chi connectivity index (χ0n) is 14.1. The van der Waals surface area contributed by atoms with Crippen LogP contribution in [0.1, 0.15) is 23.1 Å². The van der Waals surface area contributed by atoms with Gasteiger partial charge in [0.1, 0.15) is 0 Å². The van der Waals surface area contributed by atoms with Gasteiger partial charge in [0.05, 0.1) is 5.92 Å². The summed E-state index contributed by atoms with van der Waals surface area (Å²) in [5.41, 5.74) is 4.21. The molecule has 0 unspecified atom stereocenters. The molecule has 1 aliphatic rings. The summed E-state index contributed by atoms with van der Waals surface area (Å²) in [6, 6.07) is 15.8. The average molecular weight is 322 g/mol. The predicted octanol–water partition coefficient (Wildman–Crippen LogP) is 3.29. The van der Waals surface area contributed by atoms with Crippen LogP contribution in [0.3, 0.4) is 0 Å². The highest BCUT2D eigenvalue weighted by atomic mass is 16.2. The van der Waals surface area contributed by atoms with Crippen molar-refractivity contribution in [1.82, 2.24) is 4.90 Å². The Labute approximate surface area is 142 Å². The minimum Gasteiger partial charge on any atom is -0.338 e. The molecule has 1 saturated heterocycles. The number of hydrogen-bond acceptors (Lipinski definition) is 2. The van der Waals surface area contributed by atoms with Crippen LogP contribution in [0.2, 0.25) is 0 Å². The molecule has 3 rings (SSSR count). The molecule has 0 aliphatic carbocycles. The number of anilines is 1. The summed E-state index contributed by atoms with van der Waals surface area (Å²) >= 11 is 0. The average Bonchev–Trinajstić information content (AvgIpc) is 2.93. The monoisotopic (exact) mass is 322 g/mol. The maximum atomic E-state index is 12.4. The molecule has 0 radical (unpaired) electrons. The SMILES string of the molecule is Cc1ccc(CN2C[C@@H](C(=O)Nc3ccc(C)cc3)CC2=O)cc1. The highest BCUT2D eigenvalue weighted by molar-refractivity contribution is 5.97. The molecular formula is C20H22N2O2. The highest BCUT2D eigenvalue weighted by Crippen LogP contribution is 2.22. The van der Waals surface area contributed by atoms with Crippen molar-refractivity contribution in [2.75, 3.05) is 11.9 Å². The predicted molar refractivity (Wildman–Crippen MR) is 94.5 cm³/mol. The van der Waals surface area contributed by atoms with Gasteiger partial charge < -0.3 is 10.2 Å². The van der Waals surface area contributed by atoms with Crippen LogP contribution >= 0.6 is 0 Å². The Morgan fingerprint density at radius 2 is 1.62 bits per heavy atom. The van der Waals surface area contributed by atoms with Crippen LogP contribution in [0, 0.1) is 19.8 Å². The minimum atomic E-state index is -0.288. The second-order valence-corrected chi connectivity index (χ2v) is 6.52. The summed E-state index contributed by atoms with van der Waals surface area (Å²) in [4.78, 5) is 26.4. The first-order chi connectivity index (χ1) is 11.5. The summed E-state index contributed by atoms with van der Waals surface area (Å²) in [6.45, 7) is 5.08. The lowest BCUT2D eigenvalue weighted by molar-refractivity contribution is -0.128. The number of carbonyl (C=O) groups is 2. The van der Waals surface area contributed by atoms with Crippen molar-refractivity contribution in [3.05, 3.63) is 65.2 Å². The van der Waals surface area contributed by atoms with Crippen LogP contribution in [-0.2, 0) is 16.1 Å². The Balaban J connectivity index is 1.60. The molecule has 2 amide bonds. The Bertz CT molecular complexity index is 735. The summed E-state index contributed by atoms with van der Waals surface area (Å²) in [7, 11) is 0. The van der Waals surface area contributed by atoms with E-state index in [4.69, 9.17) is 0 Å². The van der Waals surface area contributed by atoms with E-state index < -0.39 is 0 Å². The van der Waals surface area contributed by atoms with Gasteiger partial charge in [0.15, 0.2) is 0 Å². The van der Waals surface area contributed by atoms with Crippen LogP contribution in [-0.4, -0.2) is 23.3 Å². The van der Waals surface area contributed by atoms with Crippen molar-refractivity contribution < 1.29 is 9.59 Å². The lowest BCUT2D eigenvalue weighted by Gasteiger charge is -2.17. The van der Waals surface area contributed by atoms with Gasteiger partial charge in [-0.2, -0.15) is 0 Å². The number of aryl methyl sites for hydroxylation is 2. The van der Waals surface area contributed by atoms with Gasteiger partial charge in [-0.15, -0.1) is 0 Å². The smallest absolute Gasteiger partial charge is 0.229 e. The van der Waals surface area contributed by atoms with Crippen LogP contribution in [0.5, 0.6) is 0 Å². The molecule has 1 aliphatic heterocycles. The second-order valence-electron chi connectivity index (χ2n) is 6.52. The zero-order valence-corrected chi connectivity index (χ0v) is 14.1. The van der Waals surface area contributed by atoms with Crippen LogP contribution in [0.4, 0.5) is 5.69 Å². The first-order valence-corrected chi connectivity index (χ1v) is 8.22. The van der Waals surface area contributed by atoms with Gasteiger partial charge in [-0.05, 0) is 31.5 Å². The van der Waals surface area contributed by atoms with Gasteiger partial charge >= 0.3 is 0 Å². The molecule has 0 saturated carbocycles.